The highest BCUT2D eigenvalue weighted by Crippen LogP contribution is 2.28. The van der Waals surface area contributed by atoms with Gasteiger partial charge in [-0.1, -0.05) is 24.6 Å². The van der Waals surface area contributed by atoms with E-state index in [0.29, 0.717) is 28.6 Å². The summed E-state index contributed by atoms with van der Waals surface area (Å²) in [6, 6.07) is 7.62. The van der Waals surface area contributed by atoms with E-state index in [-0.39, 0.29) is 18.4 Å². The lowest BCUT2D eigenvalue weighted by atomic mass is 10.2. The van der Waals surface area contributed by atoms with Gasteiger partial charge in [0.25, 0.3) is 0 Å². The molecule has 0 radical (unpaired) electrons. The number of hydrogen-bond donors (Lipinski definition) is 3. The van der Waals surface area contributed by atoms with E-state index >= 15 is 0 Å². The fraction of sp³-hybridized carbons (Fsp3) is 0.381. The Balaban J connectivity index is 1.26. The Kier molecular flexibility index (Phi) is 7.80. The van der Waals surface area contributed by atoms with Gasteiger partial charge < -0.3 is 14.8 Å². The van der Waals surface area contributed by atoms with Crippen LogP contribution in [0.4, 0.5) is 5.95 Å². The van der Waals surface area contributed by atoms with Crippen LogP contribution in [-0.4, -0.2) is 56.0 Å². The molecule has 174 valence electrons. The number of hydrogen-bond acceptors (Lipinski definition) is 9. The normalized spacial score (nSPS) is 14.0. The Bertz CT molecular complexity index is 1060. The minimum Gasteiger partial charge on any atom is -0.493 e. The zero-order valence-corrected chi connectivity index (χ0v) is 19.0. The van der Waals surface area contributed by atoms with E-state index in [1.54, 1.807) is 30.3 Å². The second kappa shape index (κ2) is 11.4. The lowest BCUT2D eigenvalue weighted by Gasteiger charge is -2.11. The maximum Gasteiger partial charge on any atom is 0.240 e. The highest BCUT2D eigenvalue weighted by molar-refractivity contribution is 7.99. The Morgan fingerprint density at radius 1 is 1.36 bits per heavy atom. The van der Waals surface area contributed by atoms with Crippen LogP contribution in [0.3, 0.4) is 0 Å². The van der Waals surface area contributed by atoms with Crippen LogP contribution in [0, 0.1) is 0 Å². The molecule has 1 aromatic carbocycles. The van der Waals surface area contributed by atoms with Gasteiger partial charge in [-0.2, -0.15) is 15.2 Å². The number of H-pyrrole nitrogens is 1. The third-order valence-corrected chi connectivity index (χ3v) is 5.85. The molecule has 1 aliphatic carbocycles. The monoisotopic (exact) mass is 470 g/mol. The lowest BCUT2D eigenvalue weighted by molar-refractivity contribution is -0.119. The molecular formula is C21H26N8O3S. The van der Waals surface area contributed by atoms with Crippen LogP contribution in [0.2, 0.25) is 0 Å². The van der Waals surface area contributed by atoms with Gasteiger partial charge in [-0.25, -0.2) is 15.2 Å². The van der Waals surface area contributed by atoms with Crippen molar-refractivity contribution in [3.05, 3.63) is 42.2 Å². The summed E-state index contributed by atoms with van der Waals surface area (Å²) in [5.41, 5.74) is 3.60. The highest BCUT2D eigenvalue weighted by atomic mass is 32.2. The number of carbonyl (C=O) groups excluding carboxylic acids is 1. The molecule has 11 nitrogen and oxygen atoms in total. The third-order valence-electron chi connectivity index (χ3n) is 5.00. The molecule has 0 bridgehead atoms. The highest BCUT2D eigenvalue weighted by Gasteiger charge is 2.17. The largest absolute Gasteiger partial charge is 0.493 e. The van der Waals surface area contributed by atoms with Crippen molar-refractivity contribution in [2.45, 2.75) is 43.6 Å². The van der Waals surface area contributed by atoms with Gasteiger partial charge >= 0.3 is 0 Å². The standard InChI is InChI=1S/C21H26N8O3S/c1-31-17-8-7-15(11-18(17)32-14-29-10-4-9-23-29)12-22-26-20-25-21(28-27-20)33-13-19(30)24-16-5-2-3-6-16/h4,7-12,16H,2-3,5-6,13-14H2,1H3,(H,24,30)(H2,25,26,27,28)/b22-12+. The van der Waals surface area contributed by atoms with Crippen LogP contribution in [0.15, 0.2) is 46.9 Å². The SMILES string of the molecule is COc1ccc(/C=N/Nc2nc(SCC(=O)NC3CCCC3)n[nH]2)cc1OCn1cccn1. The van der Waals surface area contributed by atoms with Gasteiger partial charge in [0, 0.05) is 18.4 Å². The lowest BCUT2D eigenvalue weighted by Crippen LogP contribution is -2.33. The molecule has 0 atom stereocenters. The van der Waals surface area contributed by atoms with Crippen molar-refractivity contribution >= 4 is 29.8 Å². The third kappa shape index (κ3) is 6.72. The molecule has 3 aromatic rings. The summed E-state index contributed by atoms with van der Waals surface area (Å²) in [7, 11) is 1.59. The maximum atomic E-state index is 12.0. The van der Waals surface area contributed by atoms with Gasteiger partial charge in [0.15, 0.2) is 18.2 Å². The van der Waals surface area contributed by atoms with Gasteiger partial charge in [-0.15, -0.1) is 5.10 Å². The number of amides is 1. The number of aromatic nitrogens is 5. The van der Waals surface area contributed by atoms with E-state index in [9.17, 15) is 4.79 Å². The number of thioether (sulfide) groups is 1. The molecule has 0 spiro atoms. The summed E-state index contributed by atoms with van der Waals surface area (Å²) < 4.78 is 12.8. The predicted octanol–water partition coefficient (Wildman–Crippen LogP) is 2.64. The average Bonchev–Trinajstić information content (AvgIpc) is 3.60. The number of nitrogens with zero attached hydrogens (tertiary/aromatic N) is 5. The van der Waals surface area contributed by atoms with E-state index in [2.05, 4.69) is 36.1 Å². The summed E-state index contributed by atoms with van der Waals surface area (Å²) in [6.45, 7) is 0.263. The average molecular weight is 471 g/mol. The van der Waals surface area contributed by atoms with Crippen LogP contribution < -0.4 is 20.2 Å². The summed E-state index contributed by atoms with van der Waals surface area (Å²) >= 11 is 1.28. The van der Waals surface area contributed by atoms with Crippen LogP contribution >= 0.6 is 11.8 Å². The first kappa shape index (κ1) is 22.6. The molecule has 1 aliphatic rings. The topological polar surface area (TPSA) is 131 Å². The van der Waals surface area contributed by atoms with Gasteiger partial charge in [0.1, 0.15) is 0 Å². The number of aromatic amines is 1. The van der Waals surface area contributed by atoms with E-state index in [1.165, 1.54) is 24.6 Å². The molecule has 12 heteroatoms. The molecule has 1 saturated carbocycles. The van der Waals surface area contributed by atoms with Crippen LogP contribution in [0.1, 0.15) is 31.2 Å². The zero-order chi connectivity index (χ0) is 22.9. The van der Waals surface area contributed by atoms with Gasteiger partial charge in [-0.05, 0) is 42.7 Å². The number of anilines is 1. The Hall–Kier alpha value is -3.54. The molecule has 1 amide bonds. The smallest absolute Gasteiger partial charge is 0.240 e. The number of methoxy groups -OCH3 is 1. The molecule has 3 N–H and O–H groups in total. The van der Waals surface area contributed by atoms with Gasteiger partial charge in [0.05, 0.1) is 19.1 Å². The molecule has 2 aromatic heterocycles. The van der Waals surface area contributed by atoms with E-state index in [1.807, 2.05) is 24.4 Å². The van der Waals surface area contributed by atoms with Crippen molar-refractivity contribution in [1.29, 1.82) is 0 Å². The summed E-state index contributed by atoms with van der Waals surface area (Å²) in [5.74, 6) is 1.86. The summed E-state index contributed by atoms with van der Waals surface area (Å²) in [6.07, 6.45) is 9.63. The summed E-state index contributed by atoms with van der Waals surface area (Å²) in [5, 5.41) is 18.7. The molecular weight excluding hydrogens is 444 g/mol. The molecule has 4 rings (SSSR count). The summed E-state index contributed by atoms with van der Waals surface area (Å²) in [4.78, 5) is 16.3. The van der Waals surface area contributed by atoms with E-state index in [4.69, 9.17) is 9.47 Å². The number of hydrazone groups is 1. The number of rotatable bonds is 11. The molecule has 1 fully saturated rings. The number of benzene rings is 1. The van der Waals surface area contributed by atoms with Gasteiger partial charge in [0.2, 0.25) is 17.0 Å². The van der Waals surface area contributed by atoms with Crippen molar-refractivity contribution in [2.24, 2.45) is 5.10 Å². The molecule has 0 saturated heterocycles. The Morgan fingerprint density at radius 2 is 2.24 bits per heavy atom. The number of carbonyl (C=O) groups is 1. The first-order valence-electron chi connectivity index (χ1n) is 10.6. The van der Waals surface area contributed by atoms with Crippen molar-refractivity contribution in [3.63, 3.8) is 0 Å². The van der Waals surface area contributed by atoms with Crippen molar-refractivity contribution in [3.8, 4) is 11.5 Å². The molecule has 0 aliphatic heterocycles. The number of ether oxygens (including phenoxy) is 2. The second-order valence-corrected chi connectivity index (χ2v) is 8.35. The maximum absolute atomic E-state index is 12.0. The predicted molar refractivity (Wildman–Crippen MR) is 125 cm³/mol. The first-order chi connectivity index (χ1) is 16.2. The Labute approximate surface area is 195 Å². The van der Waals surface area contributed by atoms with Crippen LogP contribution in [-0.2, 0) is 11.5 Å². The molecule has 33 heavy (non-hydrogen) atoms. The van der Waals surface area contributed by atoms with Crippen molar-refractivity contribution in [2.75, 3.05) is 18.3 Å². The minimum absolute atomic E-state index is 0.00863. The van der Waals surface area contributed by atoms with E-state index in [0.717, 1.165) is 18.4 Å². The van der Waals surface area contributed by atoms with Crippen molar-refractivity contribution in [1.82, 2.24) is 30.3 Å². The van der Waals surface area contributed by atoms with Crippen LogP contribution in [0.25, 0.3) is 0 Å². The van der Waals surface area contributed by atoms with Gasteiger partial charge in [-0.3, -0.25) is 4.79 Å². The van der Waals surface area contributed by atoms with Crippen molar-refractivity contribution < 1.29 is 14.3 Å². The Morgan fingerprint density at radius 3 is 3.03 bits per heavy atom. The molecule has 2 heterocycles. The van der Waals surface area contributed by atoms with E-state index < -0.39 is 0 Å². The fourth-order valence-electron chi connectivity index (χ4n) is 3.40. The first-order valence-corrected chi connectivity index (χ1v) is 11.6. The second-order valence-electron chi connectivity index (χ2n) is 7.40. The fourth-order valence-corrected chi connectivity index (χ4v) is 4.01. The van der Waals surface area contributed by atoms with Crippen LogP contribution in [0.5, 0.6) is 11.5 Å². The molecule has 0 unspecified atom stereocenters. The number of nitrogens with one attached hydrogen (secondary N) is 3. The zero-order valence-electron chi connectivity index (χ0n) is 18.2. The minimum atomic E-state index is 0.00863. The quantitative estimate of drug-likeness (QED) is 0.221.